The molecule has 0 fully saturated rings. The lowest BCUT2D eigenvalue weighted by Crippen LogP contribution is -2.15. The van der Waals surface area contributed by atoms with Crippen molar-refractivity contribution in [1.29, 1.82) is 0 Å². The Morgan fingerprint density at radius 3 is 2.75 bits per heavy atom. The highest BCUT2D eigenvalue weighted by Crippen LogP contribution is 2.17. The van der Waals surface area contributed by atoms with Crippen LogP contribution in [0.1, 0.15) is 23.1 Å². The van der Waals surface area contributed by atoms with E-state index in [4.69, 9.17) is 0 Å². The Kier molecular flexibility index (Phi) is 4.52. The predicted octanol–water partition coefficient (Wildman–Crippen LogP) is 2.56. The van der Waals surface area contributed by atoms with Gasteiger partial charge in [0.15, 0.2) is 5.82 Å². The first kappa shape index (κ1) is 16.1. The van der Waals surface area contributed by atoms with Gasteiger partial charge in [0, 0.05) is 17.8 Å². The normalized spacial score (nSPS) is 12.2. The van der Waals surface area contributed by atoms with Crippen LogP contribution in [-0.2, 0) is 0 Å². The van der Waals surface area contributed by atoms with Gasteiger partial charge in [0.05, 0.1) is 24.2 Å². The topological polar surface area (TPSA) is 75.9 Å². The highest BCUT2D eigenvalue weighted by atomic mass is 19.1. The maximum atomic E-state index is 13.7. The maximum Gasteiger partial charge on any atom is 0.174 e. The van der Waals surface area contributed by atoms with E-state index < -0.39 is 11.9 Å². The van der Waals surface area contributed by atoms with Crippen molar-refractivity contribution in [1.82, 2.24) is 19.7 Å². The molecule has 24 heavy (non-hydrogen) atoms. The Bertz CT molecular complexity index is 849. The summed E-state index contributed by atoms with van der Waals surface area (Å²) in [5.74, 6) is 0.621. The average molecular weight is 327 g/mol. The lowest BCUT2D eigenvalue weighted by atomic mass is 10.1. The summed E-state index contributed by atoms with van der Waals surface area (Å²) >= 11 is 0. The minimum absolute atomic E-state index is 0.121. The van der Waals surface area contributed by atoms with Crippen LogP contribution in [0.3, 0.4) is 0 Å². The maximum absolute atomic E-state index is 13.7. The molecule has 0 aliphatic carbocycles. The van der Waals surface area contributed by atoms with Gasteiger partial charge in [-0.3, -0.25) is 4.98 Å². The summed E-state index contributed by atoms with van der Waals surface area (Å²) in [6.45, 7) is 3.96. The van der Waals surface area contributed by atoms with Gasteiger partial charge >= 0.3 is 0 Å². The fraction of sp³-hybridized carbons (Fsp3) is 0.235. The first-order valence-electron chi connectivity index (χ1n) is 7.56. The zero-order valence-corrected chi connectivity index (χ0v) is 13.4. The van der Waals surface area contributed by atoms with E-state index in [1.54, 1.807) is 35.3 Å². The molecule has 124 valence electrons. The monoisotopic (exact) mass is 327 g/mol. The summed E-state index contributed by atoms with van der Waals surface area (Å²) < 4.78 is 15.4. The number of aliphatic hydroxyl groups excluding tert-OH is 1. The first-order valence-corrected chi connectivity index (χ1v) is 7.56. The highest BCUT2D eigenvalue weighted by Gasteiger charge is 2.13. The van der Waals surface area contributed by atoms with Crippen molar-refractivity contribution < 1.29 is 9.50 Å². The minimum atomic E-state index is -0.981. The van der Waals surface area contributed by atoms with E-state index in [9.17, 15) is 9.50 Å². The standard InChI is InChI=1S/C17H18FN5O/c1-11-7-12(2)23(22-11)17-10-19-9-16(21-17)20-8-15(24)13-5-3-4-6-14(13)18/h3-7,9-10,15,24H,8H2,1-2H3,(H,20,21). The van der Waals surface area contributed by atoms with E-state index in [1.807, 2.05) is 19.9 Å². The van der Waals surface area contributed by atoms with Gasteiger partial charge in [-0.25, -0.2) is 14.1 Å². The lowest BCUT2D eigenvalue weighted by molar-refractivity contribution is 0.186. The number of hydrogen-bond acceptors (Lipinski definition) is 5. The molecule has 2 heterocycles. The number of aryl methyl sites for hydroxylation is 2. The summed E-state index contributed by atoms with van der Waals surface area (Å²) in [7, 11) is 0. The molecule has 2 N–H and O–H groups in total. The molecule has 0 bridgehead atoms. The number of anilines is 1. The molecule has 1 atom stereocenters. The number of nitrogens with one attached hydrogen (secondary N) is 1. The fourth-order valence-electron chi connectivity index (χ4n) is 2.46. The number of halogens is 1. The second kappa shape index (κ2) is 6.76. The molecule has 0 saturated heterocycles. The summed E-state index contributed by atoms with van der Waals surface area (Å²) in [4.78, 5) is 8.57. The molecular weight excluding hydrogens is 309 g/mol. The van der Waals surface area contributed by atoms with Gasteiger partial charge in [-0.1, -0.05) is 18.2 Å². The summed E-state index contributed by atoms with van der Waals surface area (Å²) in [5, 5.41) is 17.5. The molecule has 0 saturated carbocycles. The molecule has 0 aliphatic heterocycles. The van der Waals surface area contributed by atoms with Gasteiger partial charge in [0.1, 0.15) is 11.6 Å². The molecule has 0 aliphatic rings. The van der Waals surface area contributed by atoms with Crippen LogP contribution in [-0.4, -0.2) is 31.4 Å². The third kappa shape index (κ3) is 3.41. The third-order valence-electron chi connectivity index (χ3n) is 3.59. The molecule has 0 amide bonds. The SMILES string of the molecule is Cc1cc(C)n(-c2cncc(NCC(O)c3ccccc3F)n2)n1. The lowest BCUT2D eigenvalue weighted by Gasteiger charge is -2.13. The van der Waals surface area contributed by atoms with E-state index in [0.29, 0.717) is 11.6 Å². The molecule has 7 heteroatoms. The number of aromatic nitrogens is 4. The summed E-state index contributed by atoms with van der Waals surface area (Å²) in [5.41, 5.74) is 2.08. The largest absolute Gasteiger partial charge is 0.386 e. The number of nitrogens with zero attached hydrogens (tertiary/aromatic N) is 4. The Morgan fingerprint density at radius 2 is 2.04 bits per heavy atom. The average Bonchev–Trinajstić information content (AvgIpc) is 2.92. The zero-order valence-electron chi connectivity index (χ0n) is 13.4. The number of benzene rings is 1. The molecule has 2 aromatic heterocycles. The van der Waals surface area contributed by atoms with Crippen LogP contribution in [0.5, 0.6) is 0 Å². The number of aliphatic hydroxyl groups is 1. The van der Waals surface area contributed by atoms with Crippen molar-refractivity contribution in [3.05, 3.63) is 65.5 Å². The molecule has 1 aromatic carbocycles. The van der Waals surface area contributed by atoms with E-state index in [2.05, 4.69) is 20.4 Å². The van der Waals surface area contributed by atoms with Gasteiger partial charge in [0.2, 0.25) is 0 Å². The van der Waals surface area contributed by atoms with Crippen molar-refractivity contribution in [3.8, 4) is 5.82 Å². The van der Waals surface area contributed by atoms with E-state index in [1.165, 1.54) is 6.07 Å². The van der Waals surface area contributed by atoms with Crippen LogP contribution in [0.25, 0.3) is 5.82 Å². The molecule has 1 unspecified atom stereocenters. The molecule has 3 rings (SSSR count). The molecule has 0 spiro atoms. The van der Waals surface area contributed by atoms with Crippen molar-refractivity contribution in [2.75, 3.05) is 11.9 Å². The molecule has 3 aromatic rings. The van der Waals surface area contributed by atoms with Crippen molar-refractivity contribution in [3.63, 3.8) is 0 Å². The Balaban J connectivity index is 1.73. The van der Waals surface area contributed by atoms with Gasteiger partial charge in [-0.2, -0.15) is 5.10 Å². The van der Waals surface area contributed by atoms with Crippen molar-refractivity contribution in [2.45, 2.75) is 20.0 Å². The summed E-state index contributed by atoms with van der Waals surface area (Å²) in [6.07, 6.45) is 2.17. The second-order valence-corrected chi connectivity index (χ2v) is 5.52. The number of hydrogen-bond donors (Lipinski definition) is 2. The Labute approximate surface area is 139 Å². The molecule has 6 nitrogen and oxygen atoms in total. The first-order chi connectivity index (χ1) is 11.5. The quantitative estimate of drug-likeness (QED) is 0.753. The zero-order chi connectivity index (χ0) is 17.1. The second-order valence-electron chi connectivity index (χ2n) is 5.52. The summed E-state index contributed by atoms with van der Waals surface area (Å²) in [6, 6.07) is 8.10. The van der Waals surface area contributed by atoms with Crippen LogP contribution in [0.2, 0.25) is 0 Å². The van der Waals surface area contributed by atoms with Crippen LogP contribution < -0.4 is 5.32 Å². The molecular formula is C17H18FN5O. The fourth-order valence-corrected chi connectivity index (χ4v) is 2.46. The van der Waals surface area contributed by atoms with Crippen LogP contribution in [0.15, 0.2) is 42.7 Å². The van der Waals surface area contributed by atoms with Crippen LogP contribution >= 0.6 is 0 Å². The highest BCUT2D eigenvalue weighted by molar-refractivity contribution is 5.37. The molecule has 0 radical (unpaired) electrons. The van der Waals surface area contributed by atoms with Gasteiger partial charge in [-0.15, -0.1) is 0 Å². The van der Waals surface area contributed by atoms with Gasteiger partial charge in [-0.05, 0) is 26.0 Å². The third-order valence-corrected chi connectivity index (χ3v) is 3.59. The Hall–Kier alpha value is -2.80. The minimum Gasteiger partial charge on any atom is -0.386 e. The van der Waals surface area contributed by atoms with Crippen molar-refractivity contribution >= 4 is 5.82 Å². The van der Waals surface area contributed by atoms with E-state index in [0.717, 1.165) is 11.4 Å². The van der Waals surface area contributed by atoms with E-state index in [-0.39, 0.29) is 12.1 Å². The predicted molar refractivity (Wildman–Crippen MR) is 88.5 cm³/mol. The van der Waals surface area contributed by atoms with Gasteiger partial charge < -0.3 is 10.4 Å². The smallest absolute Gasteiger partial charge is 0.174 e. The van der Waals surface area contributed by atoms with Crippen LogP contribution in [0, 0.1) is 19.7 Å². The van der Waals surface area contributed by atoms with Crippen molar-refractivity contribution in [2.24, 2.45) is 0 Å². The van der Waals surface area contributed by atoms with E-state index >= 15 is 0 Å². The number of rotatable bonds is 5. The van der Waals surface area contributed by atoms with Crippen LogP contribution in [0.4, 0.5) is 10.2 Å². The Morgan fingerprint density at radius 1 is 1.25 bits per heavy atom. The van der Waals surface area contributed by atoms with Gasteiger partial charge in [0.25, 0.3) is 0 Å².